The molecule has 0 unspecified atom stereocenters. The molecule has 0 saturated carbocycles. The average Bonchev–Trinajstić information content (AvgIpc) is 3.23. The summed E-state index contributed by atoms with van der Waals surface area (Å²) in [7, 11) is 0. The van der Waals surface area contributed by atoms with Crippen molar-refractivity contribution in [2.45, 2.75) is 6.92 Å². The summed E-state index contributed by atoms with van der Waals surface area (Å²) in [5, 5.41) is 0. The lowest BCUT2D eigenvalue weighted by atomic mass is 9.94. The second-order valence-corrected chi connectivity index (χ2v) is 6.64. The second-order valence-electron chi connectivity index (χ2n) is 6.64. The van der Waals surface area contributed by atoms with Crippen molar-refractivity contribution in [1.29, 1.82) is 0 Å². The molecule has 4 aromatic rings. The summed E-state index contributed by atoms with van der Waals surface area (Å²) in [6.45, 7) is 2.01. The van der Waals surface area contributed by atoms with Crippen molar-refractivity contribution in [2.24, 2.45) is 0 Å². The highest BCUT2D eigenvalue weighted by Crippen LogP contribution is 2.28. The summed E-state index contributed by atoms with van der Waals surface area (Å²) in [5.41, 5.74) is 6.13. The van der Waals surface area contributed by atoms with Crippen LogP contribution in [0.15, 0.2) is 91.3 Å². The van der Waals surface area contributed by atoms with Crippen molar-refractivity contribution in [3.8, 4) is 23.0 Å². The molecule has 0 aliphatic rings. The normalized spacial score (nSPS) is 10.2. The third kappa shape index (κ3) is 3.65. The van der Waals surface area contributed by atoms with E-state index in [1.165, 1.54) is 0 Å². The molecule has 1 aromatic heterocycles. The van der Waals surface area contributed by atoms with Crippen LogP contribution < -0.4 is 0 Å². The quantitative estimate of drug-likeness (QED) is 0.373. The van der Waals surface area contributed by atoms with Crippen molar-refractivity contribution in [1.82, 2.24) is 4.98 Å². The summed E-state index contributed by atoms with van der Waals surface area (Å²) in [6.07, 6.45) is 3.63. The van der Waals surface area contributed by atoms with E-state index in [1.807, 2.05) is 92.0 Å². The van der Waals surface area contributed by atoms with Gasteiger partial charge in [0.15, 0.2) is 5.78 Å². The van der Waals surface area contributed by atoms with Gasteiger partial charge in [-0.15, -0.1) is 0 Å². The maximum absolute atomic E-state index is 13.0. The van der Waals surface area contributed by atoms with Gasteiger partial charge in [-0.2, -0.15) is 0 Å². The van der Waals surface area contributed by atoms with Crippen LogP contribution in [0.5, 0.6) is 0 Å². The zero-order valence-corrected chi connectivity index (χ0v) is 15.6. The summed E-state index contributed by atoms with van der Waals surface area (Å²) in [5.74, 6) is 6.46. The van der Waals surface area contributed by atoms with E-state index < -0.39 is 0 Å². The molecule has 0 fully saturated rings. The van der Waals surface area contributed by atoms with Gasteiger partial charge in [-0.1, -0.05) is 78.1 Å². The minimum atomic E-state index is 0.00192. The van der Waals surface area contributed by atoms with E-state index in [-0.39, 0.29) is 5.78 Å². The Bertz CT molecular complexity index is 1170. The fourth-order valence-corrected chi connectivity index (χ4v) is 3.12. The number of H-pyrrole nitrogens is 1. The highest BCUT2D eigenvalue weighted by Gasteiger charge is 2.17. The van der Waals surface area contributed by atoms with Crippen LogP contribution in [0.4, 0.5) is 0 Å². The predicted molar refractivity (Wildman–Crippen MR) is 113 cm³/mol. The van der Waals surface area contributed by atoms with E-state index in [9.17, 15) is 4.79 Å². The molecule has 1 heterocycles. The van der Waals surface area contributed by atoms with Crippen LogP contribution >= 0.6 is 0 Å². The van der Waals surface area contributed by atoms with E-state index in [4.69, 9.17) is 0 Å². The van der Waals surface area contributed by atoms with E-state index in [0.29, 0.717) is 11.1 Å². The lowest BCUT2D eigenvalue weighted by Gasteiger charge is -2.07. The van der Waals surface area contributed by atoms with Gasteiger partial charge >= 0.3 is 0 Å². The molecule has 0 radical (unpaired) electrons. The van der Waals surface area contributed by atoms with E-state index in [0.717, 1.165) is 27.8 Å². The van der Waals surface area contributed by atoms with Gasteiger partial charge in [0.1, 0.15) is 0 Å². The number of rotatable bonds is 3. The molecule has 0 spiro atoms. The van der Waals surface area contributed by atoms with Crippen LogP contribution in [0.3, 0.4) is 0 Å². The average molecular weight is 361 g/mol. The number of aryl methyl sites for hydroxylation is 1. The molecule has 3 aromatic carbocycles. The molecule has 0 aliphatic heterocycles. The van der Waals surface area contributed by atoms with Gasteiger partial charge in [0.2, 0.25) is 0 Å². The number of nitrogens with one attached hydrogen (secondary N) is 1. The number of carbonyl (C=O) groups excluding carboxylic acids is 1. The molecule has 1 N–H and O–H groups in total. The lowest BCUT2D eigenvalue weighted by molar-refractivity contribution is 0.103. The van der Waals surface area contributed by atoms with E-state index >= 15 is 0 Å². The fourth-order valence-electron chi connectivity index (χ4n) is 3.12. The Morgan fingerprint density at radius 3 is 2.25 bits per heavy atom. The number of hydrogen-bond acceptors (Lipinski definition) is 1. The van der Waals surface area contributed by atoms with Crippen molar-refractivity contribution < 1.29 is 4.79 Å². The minimum absolute atomic E-state index is 0.00192. The van der Waals surface area contributed by atoms with Crippen LogP contribution in [0, 0.1) is 18.8 Å². The third-order valence-corrected chi connectivity index (χ3v) is 4.64. The van der Waals surface area contributed by atoms with Gasteiger partial charge in [-0.05, 0) is 30.7 Å². The molecule has 0 saturated heterocycles. The Morgan fingerprint density at radius 2 is 1.46 bits per heavy atom. The molecule has 28 heavy (non-hydrogen) atoms. The Labute approximate surface area is 164 Å². The third-order valence-electron chi connectivity index (χ3n) is 4.64. The first-order valence-electron chi connectivity index (χ1n) is 9.17. The molecule has 0 bridgehead atoms. The Morgan fingerprint density at radius 1 is 0.750 bits per heavy atom. The van der Waals surface area contributed by atoms with Gasteiger partial charge in [-0.3, -0.25) is 4.79 Å². The number of benzene rings is 3. The highest BCUT2D eigenvalue weighted by molar-refractivity contribution is 6.13. The number of carbonyl (C=O) groups is 1. The molecule has 2 heteroatoms. The zero-order valence-electron chi connectivity index (χ0n) is 15.6. The smallest absolute Gasteiger partial charge is 0.195 e. The molecule has 0 aliphatic carbocycles. The number of aromatic amines is 1. The van der Waals surface area contributed by atoms with Crippen molar-refractivity contribution in [3.63, 3.8) is 0 Å². The van der Waals surface area contributed by atoms with Gasteiger partial charge in [0, 0.05) is 40.2 Å². The van der Waals surface area contributed by atoms with Crippen molar-refractivity contribution in [3.05, 3.63) is 119 Å². The van der Waals surface area contributed by atoms with E-state index in [1.54, 1.807) is 6.20 Å². The number of aromatic nitrogens is 1. The number of hydrogen-bond donors (Lipinski definition) is 1. The Balaban J connectivity index is 1.74. The van der Waals surface area contributed by atoms with Crippen LogP contribution in [0.1, 0.15) is 32.6 Å². The standard InChI is InChI=1S/C26H19NO/c1-19-11-14-22(15-12-19)26(28)25-18-27-17-24(25)23-10-6-5-9-21(23)16-13-20-7-3-2-4-8-20/h2-12,14-15,17-18,27H,1H3. The zero-order chi connectivity index (χ0) is 19.3. The lowest BCUT2D eigenvalue weighted by Crippen LogP contribution is -2.02. The first kappa shape index (κ1) is 17.6. The molecule has 134 valence electrons. The topological polar surface area (TPSA) is 32.9 Å². The summed E-state index contributed by atoms with van der Waals surface area (Å²) < 4.78 is 0. The predicted octanol–water partition coefficient (Wildman–Crippen LogP) is 5.62. The maximum atomic E-state index is 13.0. The SMILES string of the molecule is Cc1ccc(C(=O)c2c[nH]cc2-c2ccccc2C#Cc2ccccc2)cc1. The molecule has 0 amide bonds. The summed E-state index contributed by atoms with van der Waals surface area (Å²) in [4.78, 5) is 16.1. The van der Waals surface area contributed by atoms with Crippen molar-refractivity contribution >= 4 is 5.78 Å². The molecular weight excluding hydrogens is 342 g/mol. The minimum Gasteiger partial charge on any atom is -0.366 e. The number of ketones is 1. The second kappa shape index (κ2) is 7.82. The first-order valence-corrected chi connectivity index (χ1v) is 9.17. The van der Waals surface area contributed by atoms with Crippen molar-refractivity contribution in [2.75, 3.05) is 0 Å². The molecule has 4 rings (SSSR count). The van der Waals surface area contributed by atoms with Gasteiger partial charge in [-0.25, -0.2) is 0 Å². The highest BCUT2D eigenvalue weighted by atomic mass is 16.1. The molecular formula is C26H19NO. The Hall–Kier alpha value is -3.83. The maximum Gasteiger partial charge on any atom is 0.195 e. The van der Waals surface area contributed by atoms with Crippen LogP contribution in [-0.4, -0.2) is 10.8 Å². The molecule has 0 atom stereocenters. The van der Waals surface area contributed by atoms with Gasteiger partial charge < -0.3 is 4.98 Å². The fraction of sp³-hybridized carbons (Fsp3) is 0.0385. The van der Waals surface area contributed by atoms with Crippen LogP contribution in [-0.2, 0) is 0 Å². The van der Waals surface area contributed by atoms with Gasteiger partial charge in [0.05, 0.1) is 0 Å². The Kier molecular flexibility index (Phi) is 4.91. The van der Waals surface area contributed by atoms with Crippen LogP contribution in [0.25, 0.3) is 11.1 Å². The molecule has 2 nitrogen and oxygen atoms in total. The monoisotopic (exact) mass is 361 g/mol. The largest absolute Gasteiger partial charge is 0.366 e. The summed E-state index contributed by atoms with van der Waals surface area (Å²) in [6, 6.07) is 25.5. The first-order chi connectivity index (χ1) is 13.7. The van der Waals surface area contributed by atoms with Gasteiger partial charge in [0.25, 0.3) is 0 Å². The van der Waals surface area contributed by atoms with Crippen LogP contribution in [0.2, 0.25) is 0 Å². The summed E-state index contributed by atoms with van der Waals surface area (Å²) >= 11 is 0. The van der Waals surface area contributed by atoms with E-state index in [2.05, 4.69) is 16.8 Å².